The summed E-state index contributed by atoms with van der Waals surface area (Å²) in [6.45, 7) is 0. The molecule has 0 radical (unpaired) electrons. The largest absolute Gasteiger partial charge is 0.391 e. The van der Waals surface area contributed by atoms with Gasteiger partial charge in [-0.3, -0.25) is 4.79 Å². The lowest BCUT2D eigenvalue weighted by Crippen LogP contribution is -2.46. The Balaban J connectivity index is 1.89. The standard InChI is InChI=1S/C15H19F2NO2S/c1-18(13-4-2-3-5-14(13)19)15(20)9-21-10-6-7-11(16)12(17)8-10/h6-8,13-14,19H,2-5,9H2,1H3. The van der Waals surface area contributed by atoms with Gasteiger partial charge in [-0.1, -0.05) is 12.8 Å². The first-order valence-corrected chi connectivity index (χ1v) is 7.99. The Morgan fingerprint density at radius 2 is 2.05 bits per heavy atom. The second-order valence-electron chi connectivity index (χ2n) is 5.29. The van der Waals surface area contributed by atoms with E-state index in [1.807, 2.05) is 0 Å². The maximum Gasteiger partial charge on any atom is 0.233 e. The molecule has 2 atom stereocenters. The topological polar surface area (TPSA) is 40.5 Å². The summed E-state index contributed by atoms with van der Waals surface area (Å²) in [5, 5.41) is 9.95. The molecule has 3 nitrogen and oxygen atoms in total. The van der Waals surface area contributed by atoms with Crippen molar-refractivity contribution in [1.82, 2.24) is 4.90 Å². The average molecular weight is 315 g/mol. The van der Waals surface area contributed by atoms with Crippen molar-refractivity contribution in [3.05, 3.63) is 29.8 Å². The highest BCUT2D eigenvalue weighted by Crippen LogP contribution is 2.25. The number of nitrogens with zero attached hydrogens (tertiary/aromatic N) is 1. The third-order valence-corrected chi connectivity index (χ3v) is 4.82. The lowest BCUT2D eigenvalue weighted by atomic mass is 9.91. The molecule has 21 heavy (non-hydrogen) atoms. The maximum absolute atomic E-state index is 13.1. The van der Waals surface area contributed by atoms with Gasteiger partial charge in [0.25, 0.3) is 0 Å². The lowest BCUT2D eigenvalue weighted by molar-refractivity contribution is -0.132. The van der Waals surface area contributed by atoms with Gasteiger partial charge in [-0.2, -0.15) is 0 Å². The third-order valence-electron chi connectivity index (χ3n) is 3.84. The summed E-state index contributed by atoms with van der Waals surface area (Å²) >= 11 is 1.17. The van der Waals surface area contributed by atoms with Gasteiger partial charge in [0.05, 0.1) is 17.9 Å². The third kappa shape index (κ3) is 4.17. The van der Waals surface area contributed by atoms with Crippen LogP contribution in [0, 0.1) is 11.6 Å². The first-order valence-electron chi connectivity index (χ1n) is 7.00. The van der Waals surface area contributed by atoms with Crippen LogP contribution in [0.15, 0.2) is 23.1 Å². The molecule has 0 heterocycles. The molecule has 116 valence electrons. The molecule has 1 aromatic carbocycles. The minimum atomic E-state index is -0.913. The summed E-state index contributed by atoms with van der Waals surface area (Å²) in [5.41, 5.74) is 0. The monoisotopic (exact) mass is 315 g/mol. The van der Waals surface area contributed by atoms with Crippen molar-refractivity contribution >= 4 is 17.7 Å². The number of halogens is 2. The first kappa shape index (κ1) is 16.2. The van der Waals surface area contributed by atoms with Crippen LogP contribution >= 0.6 is 11.8 Å². The fourth-order valence-corrected chi connectivity index (χ4v) is 3.39. The number of aliphatic hydroxyl groups is 1. The van der Waals surface area contributed by atoms with E-state index in [1.54, 1.807) is 11.9 Å². The Morgan fingerprint density at radius 1 is 1.33 bits per heavy atom. The normalized spacial score (nSPS) is 22.1. The molecule has 0 saturated heterocycles. The molecule has 1 aliphatic rings. The van der Waals surface area contributed by atoms with Crippen LogP contribution in [-0.2, 0) is 4.79 Å². The van der Waals surface area contributed by atoms with Crippen LogP contribution in [0.2, 0.25) is 0 Å². The van der Waals surface area contributed by atoms with Crippen LogP contribution in [0.25, 0.3) is 0 Å². The van der Waals surface area contributed by atoms with Gasteiger partial charge in [-0.25, -0.2) is 8.78 Å². The van der Waals surface area contributed by atoms with Gasteiger partial charge >= 0.3 is 0 Å². The second-order valence-corrected chi connectivity index (χ2v) is 6.34. The number of hydrogen-bond acceptors (Lipinski definition) is 3. The molecule has 6 heteroatoms. The number of thioether (sulfide) groups is 1. The Labute approximate surface area is 127 Å². The zero-order valence-corrected chi connectivity index (χ0v) is 12.7. The van der Waals surface area contributed by atoms with Crippen LogP contribution in [-0.4, -0.2) is 40.9 Å². The van der Waals surface area contributed by atoms with Gasteiger partial charge in [0, 0.05) is 11.9 Å². The minimum absolute atomic E-state index is 0.115. The molecule has 1 N–H and O–H groups in total. The van der Waals surface area contributed by atoms with E-state index >= 15 is 0 Å². The molecule has 1 aromatic rings. The van der Waals surface area contributed by atoms with Crippen molar-refractivity contribution in [2.75, 3.05) is 12.8 Å². The molecule has 0 aliphatic heterocycles. The van der Waals surface area contributed by atoms with Gasteiger partial charge in [-0.05, 0) is 31.0 Å². The van der Waals surface area contributed by atoms with Crippen molar-refractivity contribution in [3.63, 3.8) is 0 Å². The Morgan fingerprint density at radius 3 is 2.71 bits per heavy atom. The molecule has 1 fully saturated rings. The van der Waals surface area contributed by atoms with E-state index in [0.717, 1.165) is 37.8 Å². The summed E-state index contributed by atoms with van der Waals surface area (Å²) in [7, 11) is 1.69. The Bertz CT molecular complexity index is 512. The fourth-order valence-electron chi connectivity index (χ4n) is 2.54. The molecule has 2 rings (SSSR count). The van der Waals surface area contributed by atoms with Crippen molar-refractivity contribution in [2.45, 2.75) is 42.7 Å². The predicted molar refractivity (Wildman–Crippen MR) is 78.1 cm³/mol. The number of likely N-dealkylation sites (N-methyl/N-ethyl adjacent to an activating group) is 1. The molecule has 0 aromatic heterocycles. The maximum atomic E-state index is 13.1. The van der Waals surface area contributed by atoms with Crippen molar-refractivity contribution in [1.29, 1.82) is 0 Å². The van der Waals surface area contributed by atoms with Crippen LogP contribution in [0.5, 0.6) is 0 Å². The van der Waals surface area contributed by atoms with Gasteiger partial charge in [0.2, 0.25) is 5.91 Å². The molecule has 0 bridgehead atoms. The highest BCUT2D eigenvalue weighted by atomic mass is 32.2. The lowest BCUT2D eigenvalue weighted by Gasteiger charge is -2.35. The van der Waals surface area contributed by atoms with Crippen LogP contribution in [0.3, 0.4) is 0 Å². The second kappa shape index (κ2) is 7.22. The number of aliphatic hydroxyl groups excluding tert-OH is 1. The van der Waals surface area contributed by atoms with Gasteiger partial charge in [-0.15, -0.1) is 11.8 Å². The minimum Gasteiger partial charge on any atom is -0.391 e. The number of benzene rings is 1. The predicted octanol–water partition coefficient (Wildman–Crippen LogP) is 2.82. The molecule has 1 saturated carbocycles. The smallest absolute Gasteiger partial charge is 0.233 e. The van der Waals surface area contributed by atoms with E-state index in [0.29, 0.717) is 4.90 Å². The summed E-state index contributed by atoms with van der Waals surface area (Å²) < 4.78 is 25.9. The van der Waals surface area contributed by atoms with Crippen molar-refractivity contribution in [3.8, 4) is 0 Å². The zero-order valence-electron chi connectivity index (χ0n) is 11.9. The highest BCUT2D eigenvalue weighted by molar-refractivity contribution is 8.00. The quantitative estimate of drug-likeness (QED) is 0.869. The summed E-state index contributed by atoms with van der Waals surface area (Å²) in [6, 6.07) is 3.45. The van der Waals surface area contributed by atoms with Crippen LogP contribution in [0.1, 0.15) is 25.7 Å². The van der Waals surface area contributed by atoms with E-state index in [9.17, 15) is 18.7 Å². The SMILES string of the molecule is CN(C(=O)CSc1ccc(F)c(F)c1)C1CCCCC1O. The summed E-state index contributed by atoms with van der Waals surface area (Å²) in [5.74, 6) is -1.78. The van der Waals surface area contributed by atoms with Crippen LogP contribution in [0.4, 0.5) is 8.78 Å². The summed E-state index contributed by atoms with van der Waals surface area (Å²) in [4.78, 5) is 14.2. The van der Waals surface area contributed by atoms with E-state index in [1.165, 1.54) is 17.8 Å². The number of carbonyl (C=O) groups is 1. The van der Waals surface area contributed by atoms with E-state index in [-0.39, 0.29) is 17.7 Å². The fraction of sp³-hybridized carbons (Fsp3) is 0.533. The van der Waals surface area contributed by atoms with E-state index < -0.39 is 17.7 Å². The van der Waals surface area contributed by atoms with Gasteiger partial charge < -0.3 is 10.0 Å². The summed E-state index contributed by atoms with van der Waals surface area (Å²) in [6.07, 6.45) is 3.05. The van der Waals surface area contributed by atoms with Crippen molar-refractivity contribution in [2.24, 2.45) is 0 Å². The number of amides is 1. The zero-order chi connectivity index (χ0) is 15.4. The highest BCUT2D eigenvalue weighted by Gasteiger charge is 2.29. The average Bonchev–Trinajstić information content (AvgIpc) is 2.48. The van der Waals surface area contributed by atoms with Crippen molar-refractivity contribution < 1.29 is 18.7 Å². The molecule has 1 aliphatic carbocycles. The number of hydrogen-bond donors (Lipinski definition) is 1. The number of rotatable bonds is 4. The molecule has 2 unspecified atom stereocenters. The molecule has 1 amide bonds. The Hall–Kier alpha value is -1.14. The molecular formula is C15H19F2NO2S. The molecule has 0 spiro atoms. The van der Waals surface area contributed by atoms with Gasteiger partial charge in [0.15, 0.2) is 11.6 Å². The van der Waals surface area contributed by atoms with E-state index in [4.69, 9.17) is 0 Å². The van der Waals surface area contributed by atoms with Gasteiger partial charge in [0.1, 0.15) is 0 Å². The number of carbonyl (C=O) groups excluding carboxylic acids is 1. The molecular weight excluding hydrogens is 296 g/mol. The van der Waals surface area contributed by atoms with E-state index in [2.05, 4.69) is 0 Å². The Kier molecular flexibility index (Phi) is 5.58. The van der Waals surface area contributed by atoms with Crippen LogP contribution < -0.4 is 0 Å². The first-order chi connectivity index (χ1) is 9.99.